The molecule has 2 aromatic carbocycles. The van der Waals surface area contributed by atoms with Gasteiger partial charge in [-0.1, -0.05) is 18.2 Å². The Morgan fingerprint density at radius 3 is 2.43 bits per heavy atom. The molecule has 0 saturated carbocycles. The molecule has 4 nitrogen and oxygen atoms in total. The van der Waals surface area contributed by atoms with Gasteiger partial charge in [0.1, 0.15) is 5.75 Å². The average molecular weight is 321 g/mol. The summed E-state index contributed by atoms with van der Waals surface area (Å²) in [5.41, 5.74) is 0.278. The predicted octanol–water partition coefficient (Wildman–Crippen LogP) is 2.78. The number of aliphatic hydroxyl groups is 1. The van der Waals surface area contributed by atoms with Crippen LogP contribution in [0, 0.1) is 11.6 Å². The highest BCUT2D eigenvalue weighted by molar-refractivity contribution is 5.94. The maximum Gasteiger partial charge on any atom is 0.257 e. The lowest BCUT2D eigenvalue weighted by molar-refractivity contribution is 0.0652. The number of nitrogens with zero attached hydrogens (tertiary/aromatic N) is 1. The number of carbonyl (C=O) groups excluding carboxylic acids is 1. The average Bonchev–Trinajstić information content (AvgIpc) is 2.58. The Balaban J connectivity index is 2.29. The van der Waals surface area contributed by atoms with Crippen LogP contribution >= 0.6 is 0 Å². The molecule has 0 fully saturated rings. The standard InChI is InChI=1S/C17H17F2NO3/c1-20(17(22)13-4-3-5-14(18)16(13)19)15(10-21)11-6-8-12(23-2)9-7-11/h3-9,15,21H,10H2,1-2H3. The number of hydrogen-bond acceptors (Lipinski definition) is 3. The highest BCUT2D eigenvalue weighted by Crippen LogP contribution is 2.24. The van der Waals surface area contributed by atoms with Crippen LogP contribution in [0.15, 0.2) is 42.5 Å². The monoisotopic (exact) mass is 321 g/mol. The zero-order valence-electron chi connectivity index (χ0n) is 12.8. The van der Waals surface area contributed by atoms with E-state index in [1.54, 1.807) is 24.3 Å². The molecule has 1 atom stereocenters. The quantitative estimate of drug-likeness (QED) is 0.921. The molecule has 0 aliphatic rings. The minimum Gasteiger partial charge on any atom is -0.497 e. The Kier molecular flexibility index (Phi) is 5.28. The van der Waals surface area contributed by atoms with E-state index in [4.69, 9.17) is 4.74 Å². The van der Waals surface area contributed by atoms with E-state index < -0.39 is 23.6 Å². The fraction of sp³-hybridized carbons (Fsp3) is 0.235. The number of halogens is 2. The van der Waals surface area contributed by atoms with E-state index in [-0.39, 0.29) is 12.2 Å². The van der Waals surface area contributed by atoms with Gasteiger partial charge in [-0.05, 0) is 29.8 Å². The second-order valence-corrected chi connectivity index (χ2v) is 4.99. The topological polar surface area (TPSA) is 49.8 Å². The first-order chi connectivity index (χ1) is 11.0. The van der Waals surface area contributed by atoms with Crippen molar-refractivity contribution in [2.45, 2.75) is 6.04 Å². The Hall–Kier alpha value is -2.47. The summed E-state index contributed by atoms with van der Waals surface area (Å²) in [5, 5.41) is 9.60. The molecule has 0 spiro atoms. The van der Waals surface area contributed by atoms with Crippen LogP contribution in [0.1, 0.15) is 22.0 Å². The molecule has 0 aliphatic heterocycles. The Bertz CT molecular complexity index is 689. The van der Waals surface area contributed by atoms with Crippen molar-refractivity contribution in [2.75, 3.05) is 20.8 Å². The van der Waals surface area contributed by atoms with Gasteiger partial charge in [-0.3, -0.25) is 4.79 Å². The molecule has 0 saturated heterocycles. The molecule has 0 aliphatic carbocycles. The maximum absolute atomic E-state index is 13.8. The Morgan fingerprint density at radius 1 is 1.22 bits per heavy atom. The zero-order valence-corrected chi connectivity index (χ0v) is 12.8. The van der Waals surface area contributed by atoms with Gasteiger partial charge in [-0.2, -0.15) is 0 Å². The van der Waals surface area contributed by atoms with Crippen molar-refractivity contribution in [1.29, 1.82) is 0 Å². The van der Waals surface area contributed by atoms with Gasteiger partial charge >= 0.3 is 0 Å². The number of methoxy groups -OCH3 is 1. The van der Waals surface area contributed by atoms with Crippen LogP contribution in [0.3, 0.4) is 0 Å². The minimum atomic E-state index is -1.20. The summed E-state index contributed by atoms with van der Waals surface area (Å²) in [5.74, 6) is -2.36. The molecule has 6 heteroatoms. The largest absolute Gasteiger partial charge is 0.497 e. The van der Waals surface area contributed by atoms with Gasteiger partial charge in [-0.25, -0.2) is 8.78 Å². The fourth-order valence-corrected chi connectivity index (χ4v) is 2.28. The summed E-state index contributed by atoms with van der Waals surface area (Å²) in [6.07, 6.45) is 0. The fourth-order valence-electron chi connectivity index (χ4n) is 2.28. The lowest BCUT2D eigenvalue weighted by Crippen LogP contribution is -2.34. The number of hydrogen-bond donors (Lipinski definition) is 1. The Morgan fingerprint density at radius 2 is 1.87 bits per heavy atom. The number of rotatable bonds is 5. The molecule has 1 unspecified atom stereocenters. The van der Waals surface area contributed by atoms with Crippen molar-refractivity contribution in [3.8, 4) is 5.75 Å². The summed E-state index contributed by atoms with van der Waals surface area (Å²) in [6.45, 7) is -0.356. The third-order valence-corrected chi connectivity index (χ3v) is 3.64. The zero-order chi connectivity index (χ0) is 17.0. The van der Waals surface area contributed by atoms with Crippen molar-refractivity contribution in [3.63, 3.8) is 0 Å². The third-order valence-electron chi connectivity index (χ3n) is 3.64. The molecule has 2 aromatic rings. The van der Waals surface area contributed by atoms with Gasteiger partial charge < -0.3 is 14.7 Å². The first-order valence-electron chi connectivity index (χ1n) is 6.95. The minimum absolute atomic E-state index is 0.356. The molecule has 0 radical (unpaired) electrons. The van der Waals surface area contributed by atoms with E-state index in [1.807, 2.05) is 0 Å². The number of amides is 1. The summed E-state index contributed by atoms with van der Waals surface area (Å²) < 4.78 is 32.1. The van der Waals surface area contributed by atoms with Crippen LogP contribution in [-0.4, -0.2) is 36.7 Å². The third kappa shape index (κ3) is 3.48. The van der Waals surface area contributed by atoms with Crippen LogP contribution in [0.5, 0.6) is 5.75 Å². The van der Waals surface area contributed by atoms with Crippen LogP contribution in [0.2, 0.25) is 0 Å². The molecular weight excluding hydrogens is 304 g/mol. The van der Waals surface area contributed by atoms with E-state index >= 15 is 0 Å². The van der Waals surface area contributed by atoms with Crippen LogP contribution in [-0.2, 0) is 0 Å². The molecular formula is C17H17F2NO3. The summed E-state index contributed by atoms with van der Waals surface area (Å²) >= 11 is 0. The van der Waals surface area contributed by atoms with Gasteiger partial charge in [0.05, 0.1) is 25.3 Å². The second-order valence-electron chi connectivity index (χ2n) is 4.99. The van der Waals surface area contributed by atoms with Gasteiger partial charge in [0.15, 0.2) is 11.6 Å². The molecule has 1 N–H and O–H groups in total. The molecule has 23 heavy (non-hydrogen) atoms. The molecule has 0 aromatic heterocycles. The molecule has 0 heterocycles. The van der Waals surface area contributed by atoms with Gasteiger partial charge in [0.25, 0.3) is 5.91 Å². The highest BCUT2D eigenvalue weighted by atomic mass is 19.2. The highest BCUT2D eigenvalue weighted by Gasteiger charge is 2.25. The van der Waals surface area contributed by atoms with E-state index in [0.29, 0.717) is 11.3 Å². The number of aliphatic hydroxyl groups excluding tert-OH is 1. The SMILES string of the molecule is COc1ccc(C(CO)N(C)C(=O)c2cccc(F)c2F)cc1. The predicted molar refractivity (Wildman–Crippen MR) is 81.3 cm³/mol. The van der Waals surface area contributed by atoms with E-state index in [1.165, 1.54) is 31.2 Å². The molecule has 1 amide bonds. The number of benzene rings is 2. The number of carbonyl (C=O) groups is 1. The maximum atomic E-state index is 13.8. The van der Waals surface area contributed by atoms with E-state index in [2.05, 4.69) is 0 Å². The summed E-state index contributed by atoms with van der Waals surface area (Å²) in [7, 11) is 2.96. The van der Waals surface area contributed by atoms with Crippen LogP contribution < -0.4 is 4.74 Å². The number of ether oxygens (including phenoxy) is 1. The smallest absolute Gasteiger partial charge is 0.257 e. The summed E-state index contributed by atoms with van der Waals surface area (Å²) in [4.78, 5) is 13.6. The first-order valence-corrected chi connectivity index (χ1v) is 6.95. The van der Waals surface area contributed by atoms with Crippen molar-refractivity contribution < 1.29 is 23.4 Å². The van der Waals surface area contributed by atoms with Crippen molar-refractivity contribution in [1.82, 2.24) is 4.90 Å². The van der Waals surface area contributed by atoms with Gasteiger partial charge in [-0.15, -0.1) is 0 Å². The van der Waals surface area contributed by atoms with Crippen molar-refractivity contribution >= 4 is 5.91 Å². The van der Waals surface area contributed by atoms with Gasteiger partial charge in [0, 0.05) is 7.05 Å². The molecule has 0 bridgehead atoms. The van der Waals surface area contributed by atoms with Crippen molar-refractivity contribution in [3.05, 3.63) is 65.2 Å². The molecule has 122 valence electrons. The number of likely N-dealkylation sites (N-methyl/N-ethyl adjacent to an activating group) is 1. The van der Waals surface area contributed by atoms with Gasteiger partial charge in [0.2, 0.25) is 0 Å². The first kappa shape index (κ1) is 16.9. The molecule has 2 rings (SSSR count). The Labute approximate surface area is 132 Å². The normalized spacial score (nSPS) is 11.9. The summed E-state index contributed by atoms with van der Waals surface area (Å²) in [6, 6.07) is 9.52. The lowest BCUT2D eigenvalue weighted by atomic mass is 10.0. The second kappa shape index (κ2) is 7.19. The van der Waals surface area contributed by atoms with Crippen LogP contribution in [0.4, 0.5) is 8.78 Å². The van der Waals surface area contributed by atoms with E-state index in [0.717, 1.165) is 6.07 Å². The lowest BCUT2D eigenvalue weighted by Gasteiger charge is -2.27. The van der Waals surface area contributed by atoms with E-state index in [9.17, 15) is 18.7 Å². The van der Waals surface area contributed by atoms with Crippen molar-refractivity contribution in [2.24, 2.45) is 0 Å². The van der Waals surface area contributed by atoms with Crippen LogP contribution in [0.25, 0.3) is 0 Å².